The molecule has 1 aromatic heterocycles. The standard InChI is InChI=1S/C15H15F3N2O/c1-9-6-12-13(20(9)8-10(2)21-3)5-4-11(7-19)14(12)15(16,17)18/h4-6,10H,8H2,1-3H3. The van der Waals surface area contributed by atoms with Gasteiger partial charge in [0.05, 0.1) is 23.3 Å². The molecule has 0 bridgehead atoms. The molecule has 3 nitrogen and oxygen atoms in total. The minimum absolute atomic E-state index is 0.0577. The van der Waals surface area contributed by atoms with Crippen LogP contribution in [0.25, 0.3) is 10.9 Å². The van der Waals surface area contributed by atoms with Crippen LogP contribution in [-0.4, -0.2) is 17.8 Å². The van der Waals surface area contributed by atoms with Crippen LogP contribution < -0.4 is 0 Å². The molecule has 112 valence electrons. The van der Waals surface area contributed by atoms with Crippen molar-refractivity contribution in [3.63, 3.8) is 0 Å². The summed E-state index contributed by atoms with van der Waals surface area (Å²) >= 11 is 0. The van der Waals surface area contributed by atoms with E-state index in [1.165, 1.54) is 12.1 Å². The molecule has 2 aromatic rings. The van der Waals surface area contributed by atoms with E-state index in [9.17, 15) is 13.2 Å². The van der Waals surface area contributed by atoms with E-state index in [-0.39, 0.29) is 17.1 Å². The Bertz CT molecular complexity index is 710. The van der Waals surface area contributed by atoms with Crippen molar-refractivity contribution in [1.82, 2.24) is 4.57 Å². The van der Waals surface area contributed by atoms with Gasteiger partial charge >= 0.3 is 6.18 Å². The van der Waals surface area contributed by atoms with Gasteiger partial charge in [-0.15, -0.1) is 0 Å². The molecule has 2 rings (SSSR count). The van der Waals surface area contributed by atoms with Crippen molar-refractivity contribution in [1.29, 1.82) is 5.26 Å². The van der Waals surface area contributed by atoms with Gasteiger partial charge in [0.1, 0.15) is 0 Å². The fourth-order valence-corrected chi connectivity index (χ4v) is 2.44. The predicted octanol–water partition coefficient (Wildman–Crippen LogP) is 3.88. The Morgan fingerprint density at radius 3 is 2.57 bits per heavy atom. The number of halogens is 3. The number of nitriles is 1. The number of hydrogen-bond acceptors (Lipinski definition) is 2. The minimum Gasteiger partial charge on any atom is -0.380 e. The Morgan fingerprint density at radius 2 is 2.05 bits per heavy atom. The summed E-state index contributed by atoms with van der Waals surface area (Å²) in [7, 11) is 1.56. The molecule has 0 aliphatic rings. The third-order valence-electron chi connectivity index (χ3n) is 3.54. The van der Waals surface area contributed by atoms with Crippen LogP contribution in [0.15, 0.2) is 18.2 Å². The number of fused-ring (bicyclic) bond motifs is 1. The second-order valence-electron chi connectivity index (χ2n) is 4.97. The summed E-state index contributed by atoms with van der Waals surface area (Å²) in [5.74, 6) is 0. The fraction of sp³-hybridized carbons (Fsp3) is 0.400. The lowest BCUT2D eigenvalue weighted by molar-refractivity contribution is -0.136. The van der Waals surface area contributed by atoms with Crippen molar-refractivity contribution >= 4 is 10.9 Å². The van der Waals surface area contributed by atoms with Crippen molar-refractivity contribution < 1.29 is 17.9 Å². The summed E-state index contributed by atoms with van der Waals surface area (Å²) in [5, 5.41) is 8.98. The number of ether oxygens (including phenoxy) is 1. The highest BCUT2D eigenvalue weighted by Gasteiger charge is 2.36. The van der Waals surface area contributed by atoms with Crippen LogP contribution in [0.2, 0.25) is 0 Å². The number of methoxy groups -OCH3 is 1. The number of benzene rings is 1. The van der Waals surface area contributed by atoms with Crippen molar-refractivity contribution in [2.24, 2.45) is 0 Å². The van der Waals surface area contributed by atoms with E-state index in [1.54, 1.807) is 30.7 Å². The summed E-state index contributed by atoms with van der Waals surface area (Å²) in [4.78, 5) is 0. The van der Waals surface area contributed by atoms with Crippen LogP contribution in [-0.2, 0) is 17.5 Å². The molecule has 1 heterocycles. The smallest absolute Gasteiger partial charge is 0.380 e. The third-order valence-corrected chi connectivity index (χ3v) is 3.54. The van der Waals surface area contributed by atoms with E-state index in [1.807, 2.05) is 6.92 Å². The average Bonchev–Trinajstić information content (AvgIpc) is 2.72. The monoisotopic (exact) mass is 296 g/mol. The molecule has 0 spiro atoms. The molecule has 0 fully saturated rings. The predicted molar refractivity (Wildman–Crippen MR) is 72.9 cm³/mol. The Balaban J connectivity index is 2.73. The SMILES string of the molecule is COC(C)Cn1c(C)cc2c(C(F)(F)F)c(C#N)ccc21. The molecular formula is C15H15F3N2O. The van der Waals surface area contributed by atoms with Gasteiger partial charge in [-0.25, -0.2) is 0 Å². The molecule has 21 heavy (non-hydrogen) atoms. The van der Waals surface area contributed by atoms with Gasteiger partial charge in [-0.3, -0.25) is 0 Å². The lowest BCUT2D eigenvalue weighted by Crippen LogP contribution is -2.15. The van der Waals surface area contributed by atoms with E-state index in [2.05, 4.69) is 0 Å². The van der Waals surface area contributed by atoms with Gasteiger partial charge in [0.2, 0.25) is 0 Å². The molecule has 0 saturated carbocycles. The molecular weight excluding hydrogens is 281 g/mol. The van der Waals surface area contributed by atoms with Gasteiger partial charge in [-0.05, 0) is 32.0 Å². The lowest BCUT2D eigenvalue weighted by atomic mass is 10.0. The molecule has 0 N–H and O–H groups in total. The number of nitrogens with zero attached hydrogens (tertiary/aromatic N) is 2. The van der Waals surface area contributed by atoms with Crippen molar-refractivity contribution in [3.8, 4) is 6.07 Å². The van der Waals surface area contributed by atoms with E-state index in [0.717, 1.165) is 0 Å². The van der Waals surface area contributed by atoms with Crippen LogP contribution in [0.5, 0.6) is 0 Å². The van der Waals surface area contributed by atoms with Crippen LogP contribution in [0.3, 0.4) is 0 Å². The van der Waals surface area contributed by atoms with Gasteiger partial charge in [0.15, 0.2) is 0 Å². The van der Waals surface area contributed by atoms with Crippen molar-refractivity contribution in [2.45, 2.75) is 32.7 Å². The van der Waals surface area contributed by atoms with E-state index < -0.39 is 11.7 Å². The molecule has 0 amide bonds. The first-order valence-corrected chi connectivity index (χ1v) is 6.42. The van der Waals surface area contributed by atoms with Crippen LogP contribution in [0.4, 0.5) is 13.2 Å². The molecule has 0 radical (unpaired) electrons. The normalized spacial score (nSPS) is 13.4. The maximum Gasteiger partial charge on any atom is 0.418 e. The second-order valence-corrected chi connectivity index (χ2v) is 4.97. The molecule has 1 atom stereocenters. The quantitative estimate of drug-likeness (QED) is 0.862. The number of alkyl halides is 3. The van der Waals surface area contributed by atoms with Crippen LogP contribution >= 0.6 is 0 Å². The summed E-state index contributed by atoms with van der Waals surface area (Å²) in [6, 6.07) is 5.87. The van der Waals surface area contributed by atoms with Crippen molar-refractivity contribution in [2.75, 3.05) is 7.11 Å². The first kappa shape index (κ1) is 15.4. The Kier molecular flexibility index (Phi) is 3.97. The first-order chi connectivity index (χ1) is 9.79. The zero-order valence-corrected chi connectivity index (χ0v) is 12.0. The molecule has 0 saturated heterocycles. The Labute approximate surface area is 120 Å². The maximum absolute atomic E-state index is 13.2. The van der Waals surface area contributed by atoms with Gasteiger partial charge in [-0.1, -0.05) is 0 Å². The van der Waals surface area contributed by atoms with Gasteiger partial charge < -0.3 is 9.30 Å². The minimum atomic E-state index is -4.56. The van der Waals surface area contributed by atoms with Gasteiger partial charge in [-0.2, -0.15) is 18.4 Å². The van der Waals surface area contributed by atoms with E-state index in [4.69, 9.17) is 10.00 Å². The Hall–Kier alpha value is -2.00. The molecule has 1 aromatic carbocycles. The molecule has 0 aliphatic carbocycles. The molecule has 6 heteroatoms. The fourth-order valence-electron chi connectivity index (χ4n) is 2.44. The summed E-state index contributed by atoms with van der Waals surface area (Å²) < 4.78 is 46.7. The zero-order chi connectivity index (χ0) is 15.8. The first-order valence-electron chi connectivity index (χ1n) is 6.42. The maximum atomic E-state index is 13.2. The highest BCUT2D eigenvalue weighted by Crippen LogP contribution is 2.38. The number of aromatic nitrogens is 1. The number of hydrogen-bond donors (Lipinski definition) is 0. The number of rotatable bonds is 3. The van der Waals surface area contributed by atoms with Gasteiger partial charge in [0.25, 0.3) is 0 Å². The molecule has 0 aliphatic heterocycles. The summed E-state index contributed by atoms with van der Waals surface area (Å²) in [6.45, 7) is 4.04. The third kappa shape index (κ3) is 2.74. The molecule has 1 unspecified atom stereocenters. The topological polar surface area (TPSA) is 38.0 Å². The number of aryl methyl sites for hydroxylation is 1. The second kappa shape index (κ2) is 5.41. The summed E-state index contributed by atoms with van der Waals surface area (Å²) in [6.07, 6.45) is -4.68. The van der Waals surface area contributed by atoms with E-state index >= 15 is 0 Å². The highest BCUT2D eigenvalue weighted by molar-refractivity contribution is 5.87. The van der Waals surface area contributed by atoms with E-state index in [0.29, 0.717) is 17.8 Å². The summed E-state index contributed by atoms with van der Waals surface area (Å²) in [5.41, 5.74) is -0.0569. The zero-order valence-electron chi connectivity index (χ0n) is 12.0. The van der Waals surface area contributed by atoms with Crippen LogP contribution in [0.1, 0.15) is 23.7 Å². The average molecular weight is 296 g/mol. The Morgan fingerprint density at radius 1 is 1.38 bits per heavy atom. The van der Waals surface area contributed by atoms with Gasteiger partial charge in [0, 0.05) is 30.3 Å². The lowest BCUT2D eigenvalue weighted by Gasteiger charge is -2.15. The highest BCUT2D eigenvalue weighted by atomic mass is 19.4. The van der Waals surface area contributed by atoms with Crippen LogP contribution in [0, 0.1) is 18.3 Å². The van der Waals surface area contributed by atoms with Crippen molar-refractivity contribution in [3.05, 3.63) is 35.0 Å². The largest absolute Gasteiger partial charge is 0.418 e.